The number of nitrogens with one attached hydrogen (secondary N) is 2. The Hall–Kier alpha value is -3.66. The lowest BCUT2D eigenvalue weighted by Gasteiger charge is -2.35. The molecule has 1 aliphatic heterocycles. The lowest BCUT2D eigenvalue weighted by molar-refractivity contribution is 0.101. The summed E-state index contributed by atoms with van der Waals surface area (Å²) in [4.78, 5) is 24.1. The van der Waals surface area contributed by atoms with Gasteiger partial charge in [0.15, 0.2) is 11.5 Å². The molecule has 1 saturated heterocycles. The van der Waals surface area contributed by atoms with E-state index in [2.05, 4.69) is 25.5 Å². The molecule has 0 radical (unpaired) electrons. The van der Waals surface area contributed by atoms with Crippen LogP contribution in [0.25, 0.3) is 11.7 Å². The summed E-state index contributed by atoms with van der Waals surface area (Å²) in [5.41, 5.74) is 9.18. The van der Waals surface area contributed by atoms with Crippen molar-refractivity contribution in [3.05, 3.63) is 53.1 Å². The van der Waals surface area contributed by atoms with Crippen molar-refractivity contribution in [3.8, 4) is 5.75 Å². The Morgan fingerprint density at radius 2 is 1.89 bits per heavy atom. The Kier molecular flexibility index (Phi) is 6.53. The van der Waals surface area contributed by atoms with Gasteiger partial charge in [-0.2, -0.15) is 0 Å². The first kappa shape index (κ1) is 24.1. The number of halogens is 1. The van der Waals surface area contributed by atoms with Crippen LogP contribution in [-0.4, -0.2) is 52.6 Å². The summed E-state index contributed by atoms with van der Waals surface area (Å²) < 4.78 is 22.5. The average molecular weight is 494 g/mol. The number of anilines is 2. The summed E-state index contributed by atoms with van der Waals surface area (Å²) in [6.07, 6.45) is 9.65. The van der Waals surface area contributed by atoms with Crippen LogP contribution in [-0.2, 0) is 0 Å². The second-order valence-electron chi connectivity index (χ2n) is 9.67. The number of fused-ring (bicyclic) bond motifs is 1. The van der Waals surface area contributed by atoms with Gasteiger partial charge < -0.3 is 30.4 Å². The standard InChI is InChI=1S/C26H32FN7O2/c1-15(28)10-20-22(33-8-6-18(7-9-33)30-17-4-5-17)11-19(27)25(31-20)26(35)32-21-14-34-13-16(2)29-24(34)12-23(21)36-3/h10-14,17-18,30H,4-9,28H2,1-3H3,(H,32,35)/b15-10-. The predicted octanol–water partition coefficient (Wildman–Crippen LogP) is 3.48. The molecule has 36 heavy (non-hydrogen) atoms. The first-order valence-corrected chi connectivity index (χ1v) is 12.3. The number of imidazole rings is 1. The fraction of sp³-hybridized carbons (Fsp3) is 0.423. The fourth-order valence-corrected chi connectivity index (χ4v) is 4.69. The molecule has 0 spiro atoms. The number of ether oxygens (including phenoxy) is 1. The van der Waals surface area contributed by atoms with Gasteiger partial charge in [0, 0.05) is 55.4 Å². The van der Waals surface area contributed by atoms with Gasteiger partial charge in [-0.15, -0.1) is 0 Å². The summed E-state index contributed by atoms with van der Waals surface area (Å²) in [6.45, 7) is 5.18. The molecule has 0 aromatic carbocycles. The Labute approximate surface area is 209 Å². The molecule has 3 aromatic rings. The third-order valence-corrected chi connectivity index (χ3v) is 6.59. The van der Waals surface area contributed by atoms with E-state index >= 15 is 4.39 Å². The quantitative estimate of drug-likeness (QED) is 0.462. The van der Waals surface area contributed by atoms with E-state index in [4.69, 9.17) is 10.5 Å². The lowest BCUT2D eigenvalue weighted by Crippen LogP contribution is -2.43. The topological polar surface area (TPSA) is 110 Å². The molecule has 1 amide bonds. The van der Waals surface area contributed by atoms with Gasteiger partial charge in [0.1, 0.15) is 17.1 Å². The van der Waals surface area contributed by atoms with Crippen LogP contribution in [0.4, 0.5) is 15.8 Å². The van der Waals surface area contributed by atoms with E-state index in [0.29, 0.717) is 46.2 Å². The van der Waals surface area contributed by atoms with Gasteiger partial charge >= 0.3 is 0 Å². The van der Waals surface area contributed by atoms with Gasteiger partial charge in [-0.1, -0.05) is 0 Å². The summed E-state index contributed by atoms with van der Waals surface area (Å²) in [6, 6.07) is 4.25. The molecule has 9 nitrogen and oxygen atoms in total. The van der Waals surface area contributed by atoms with Crippen molar-refractivity contribution >= 4 is 29.0 Å². The number of hydrogen-bond donors (Lipinski definition) is 3. The molecule has 4 N–H and O–H groups in total. The Bertz CT molecular complexity index is 1320. The van der Waals surface area contributed by atoms with Crippen LogP contribution in [0.3, 0.4) is 0 Å². The second kappa shape index (κ2) is 9.77. The van der Waals surface area contributed by atoms with Gasteiger partial charge in [0.2, 0.25) is 0 Å². The predicted molar refractivity (Wildman–Crippen MR) is 138 cm³/mol. The molecule has 2 fully saturated rings. The number of pyridine rings is 2. The smallest absolute Gasteiger partial charge is 0.277 e. The molecule has 0 atom stereocenters. The number of piperidine rings is 1. The number of aryl methyl sites for hydroxylation is 1. The minimum Gasteiger partial charge on any atom is -0.494 e. The van der Waals surface area contributed by atoms with Gasteiger partial charge in [-0.3, -0.25) is 4.79 Å². The number of amides is 1. The largest absolute Gasteiger partial charge is 0.494 e. The second-order valence-corrected chi connectivity index (χ2v) is 9.67. The molecule has 190 valence electrons. The summed E-state index contributed by atoms with van der Waals surface area (Å²) in [5.74, 6) is -0.949. The Balaban J connectivity index is 1.41. The van der Waals surface area contributed by atoms with Gasteiger partial charge in [0.25, 0.3) is 5.91 Å². The van der Waals surface area contributed by atoms with Crippen molar-refractivity contribution in [3.63, 3.8) is 0 Å². The summed E-state index contributed by atoms with van der Waals surface area (Å²) >= 11 is 0. The molecule has 1 aliphatic carbocycles. The van der Waals surface area contributed by atoms with Crippen LogP contribution in [0.15, 0.2) is 30.2 Å². The molecule has 1 saturated carbocycles. The number of carbonyl (C=O) groups excluding carboxylic acids is 1. The summed E-state index contributed by atoms with van der Waals surface area (Å²) in [5, 5.41) is 6.42. The average Bonchev–Trinajstić information content (AvgIpc) is 3.58. The zero-order valence-corrected chi connectivity index (χ0v) is 20.8. The van der Waals surface area contributed by atoms with E-state index in [1.807, 2.05) is 13.1 Å². The first-order valence-electron chi connectivity index (χ1n) is 12.3. The highest BCUT2D eigenvalue weighted by Crippen LogP contribution is 2.30. The highest BCUT2D eigenvalue weighted by atomic mass is 19.1. The minimum atomic E-state index is -0.689. The molecule has 10 heteroatoms. The van der Waals surface area contributed by atoms with Crippen LogP contribution < -0.4 is 26.0 Å². The number of rotatable bonds is 7. The molecule has 0 bridgehead atoms. The van der Waals surface area contributed by atoms with Crippen molar-refractivity contribution in [2.75, 3.05) is 30.4 Å². The van der Waals surface area contributed by atoms with E-state index in [0.717, 1.165) is 31.6 Å². The Morgan fingerprint density at radius 3 is 2.56 bits per heavy atom. The van der Waals surface area contributed by atoms with Crippen LogP contribution in [0.1, 0.15) is 54.5 Å². The first-order chi connectivity index (χ1) is 17.3. The third-order valence-electron chi connectivity index (χ3n) is 6.59. The van der Waals surface area contributed by atoms with Crippen LogP contribution in [0, 0.1) is 12.7 Å². The van der Waals surface area contributed by atoms with Crippen molar-refractivity contribution in [2.24, 2.45) is 5.73 Å². The molecule has 0 unspecified atom stereocenters. The monoisotopic (exact) mass is 493 g/mol. The van der Waals surface area contributed by atoms with E-state index < -0.39 is 11.7 Å². The number of carbonyl (C=O) groups is 1. The number of nitrogens with two attached hydrogens (primary N) is 1. The number of methoxy groups -OCH3 is 1. The van der Waals surface area contributed by atoms with E-state index in [1.165, 1.54) is 26.0 Å². The van der Waals surface area contributed by atoms with Crippen molar-refractivity contribution in [1.29, 1.82) is 0 Å². The number of allylic oxidation sites excluding steroid dienone is 1. The number of nitrogens with zero attached hydrogens (tertiary/aromatic N) is 4. The molecule has 2 aliphatic rings. The highest BCUT2D eigenvalue weighted by Gasteiger charge is 2.29. The third kappa shape index (κ3) is 5.13. The van der Waals surface area contributed by atoms with E-state index in [9.17, 15) is 4.79 Å². The van der Waals surface area contributed by atoms with E-state index in [-0.39, 0.29) is 5.69 Å². The lowest BCUT2D eigenvalue weighted by atomic mass is 10.0. The van der Waals surface area contributed by atoms with Crippen molar-refractivity contribution < 1.29 is 13.9 Å². The maximum absolute atomic E-state index is 15.3. The van der Waals surface area contributed by atoms with Gasteiger partial charge in [-0.25, -0.2) is 14.4 Å². The Morgan fingerprint density at radius 1 is 1.17 bits per heavy atom. The molecule has 3 aromatic heterocycles. The van der Waals surface area contributed by atoms with E-state index in [1.54, 1.807) is 29.7 Å². The molecular formula is C26H32FN7O2. The molecule has 4 heterocycles. The van der Waals surface area contributed by atoms with Crippen LogP contribution in [0.5, 0.6) is 5.75 Å². The number of aromatic nitrogens is 3. The minimum absolute atomic E-state index is 0.305. The van der Waals surface area contributed by atoms with Gasteiger partial charge in [0.05, 0.1) is 24.2 Å². The molecular weight excluding hydrogens is 461 g/mol. The maximum atomic E-state index is 15.3. The van der Waals surface area contributed by atoms with Crippen LogP contribution >= 0.6 is 0 Å². The zero-order valence-electron chi connectivity index (χ0n) is 20.8. The maximum Gasteiger partial charge on any atom is 0.277 e. The summed E-state index contributed by atoms with van der Waals surface area (Å²) in [7, 11) is 1.50. The van der Waals surface area contributed by atoms with Crippen molar-refractivity contribution in [2.45, 2.75) is 51.6 Å². The molecule has 5 rings (SSSR count). The van der Waals surface area contributed by atoms with Gasteiger partial charge in [-0.05, 0) is 45.6 Å². The van der Waals surface area contributed by atoms with Crippen molar-refractivity contribution in [1.82, 2.24) is 19.7 Å². The fourth-order valence-electron chi connectivity index (χ4n) is 4.69. The normalized spacial score (nSPS) is 17.0. The number of hydrogen-bond acceptors (Lipinski definition) is 7. The SMILES string of the molecule is COc1cc2nc(C)cn2cc1NC(=O)c1nc(/C=C(/C)N)c(N2CCC(NC3CC3)CC2)cc1F. The highest BCUT2D eigenvalue weighted by molar-refractivity contribution is 6.04. The van der Waals surface area contributed by atoms with Crippen LogP contribution in [0.2, 0.25) is 0 Å². The zero-order chi connectivity index (χ0) is 25.4.